The number of thiazole rings is 1. The molecule has 8 heteroatoms. The Kier molecular flexibility index (Phi) is 4.69. The fourth-order valence-corrected chi connectivity index (χ4v) is 3.01. The quantitative estimate of drug-likeness (QED) is 0.872. The molecule has 110 valence electrons. The monoisotopic (exact) mass is 300 g/mol. The van der Waals surface area contributed by atoms with Crippen LogP contribution in [0.5, 0.6) is 0 Å². The number of aryl methyl sites for hydroxylation is 1. The number of rotatable bonds is 4. The van der Waals surface area contributed by atoms with E-state index in [1.54, 1.807) is 14.0 Å². The van der Waals surface area contributed by atoms with Crippen LogP contribution in [-0.4, -0.2) is 59.8 Å². The molecule has 2 heterocycles. The highest BCUT2D eigenvalue weighted by Gasteiger charge is 2.34. The summed E-state index contributed by atoms with van der Waals surface area (Å²) in [7, 11) is 1.56. The van der Waals surface area contributed by atoms with Crippen LogP contribution in [0, 0.1) is 6.92 Å². The van der Waals surface area contributed by atoms with Crippen molar-refractivity contribution in [3.63, 3.8) is 0 Å². The average molecular weight is 300 g/mol. The topological polar surface area (TPSA) is 89.0 Å². The molecule has 7 nitrogen and oxygen atoms in total. The second-order valence-corrected chi connectivity index (χ2v) is 5.47. The van der Waals surface area contributed by atoms with Crippen LogP contribution in [0.25, 0.3) is 0 Å². The Morgan fingerprint density at radius 3 is 3.00 bits per heavy atom. The molecule has 1 aromatic heterocycles. The Labute approximate surface area is 120 Å². The van der Waals surface area contributed by atoms with Gasteiger partial charge in [-0.05, 0) is 6.92 Å². The predicted octanol–water partition coefficient (Wildman–Crippen LogP) is 0.524. The van der Waals surface area contributed by atoms with Crippen LogP contribution in [0.2, 0.25) is 0 Å². The Morgan fingerprint density at radius 2 is 2.35 bits per heavy atom. The average Bonchev–Trinajstić information content (AvgIpc) is 2.79. The molecular weight excluding hydrogens is 284 g/mol. The van der Waals surface area contributed by atoms with Crippen LogP contribution < -0.4 is 0 Å². The minimum Gasteiger partial charge on any atom is -0.480 e. The highest BCUT2D eigenvalue weighted by Crippen LogP contribution is 2.22. The molecular formula is C12H16N2O5S. The third-order valence-corrected chi connectivity index (χ3v) is 4.10. The molecule has 1 aliphatic heterocycles. The van der Waals surface area contributed by atoms with Crippen LogP contribution in [-0.2, 0) is 20.9 Å². The number of methoxy groups -OCH3 is 1. The van der Waals surface area contributed by atoms with Crippen molar-refractivity contribution in [2.24, 2.45) is 0 Å². The maximum absolute atomic E-state index is 12.5. The highest BCUT2D eigenvalue weighted by atomic mass is 32.1. The van der Waals surface area contributed by atoms with E-state index in [1.807, 2.05) is 0 Å². The van der Waals surface area contributed by atoms with Gasteiger partial charge in [-0.25, -0.2) is 9.78 Å². The number of nitrogens with zero attached hydrogens (tertiary/aromatic N) is 2. The first-order valence-corrected chi connectivity index (χ1v) is 6.93. The smallest absolute Gasteiger partial charge is 0.328 e. The summed E-state index contributed by atoms with van der Waals surface area (Å²) in [6.07, 6.45) is 0. The molecule has 1 atom stereocenters. The SMILES string of the molecule is COCc1nc(C)c(C(=O)N2CCOCC2C(=O)O)s1. The Hall–Kier alpha value is -1.51. The zero-order valence-electron chi connectivity index (χ0n) is 11.3. The van der Waals surface area contributed by atoms with Crippen LogP contribution >= 0.6 is 11.3 Å². The fourth-order valence-electron chi connectivity index (χ4n) is 2.02. The predicted molar refractivity (Wildman–Crippen MR) is 70.8 cm³/mol. The van der Waals surface area contributed by atoms with Crippen LogP contribution in [0.15, 0.2) is 0 Å². The second-order valence-electron chi connectivity index (χ2n) is 4.38. The van der Waals surface area contributed by atoms with Gasteiger partial charge < -0.3 is 19.5 Å². The third kappa shape index (κ3) is 2.97. The van der Waals surface area contributed by atoms with Crippen LogP contribution in [0.3, 0.4) is 0 Å². The largest absolute Gasteiger partial charge is 0.480 e. The number of carboxylic acids is 1. The fraction of sp³-hybridized carbons (Fsp3) is 0.583. The van der Waals surface area contributed by atoms with Gasteiger partial charge in [-0.1, -0.05) is 0 Å². The normalized spacial score (nSPS) is 19.1. The third-order valence-electron chi connectivity index (χ3n) is 2.98. The number of aliphatic carboxylic acids is 1. The molecule has 0 bridgehead atoms. The van der Waals surface area contributed by atoms with Crippen molar-refractivity contribution < 1.29 is 24.2 Å². The van der Waals surface area contributed by atoms with Crippen LogP contribution in [0.4, 0.5) is 0 Å². The summed E-state index contributed by atoms with van der Waals surface area (Å²) in [5.74, 6) is -1.37. The summed E-state index contributed by atoms with van der Waals surface area (Å²) < 4.78 is 10.1. The lowest BCUT2D eigenvalue weighted by atomic mass is 10.2. The van der Waals surface area contributed by atoms with E-state index in [9.17, 15) is 9.59 Å². The summed E-state index contributed by atoms with van der Waals surface area (Å²) in [5, 5.41) is 9.86. The molecule has 1 aliphatic rings. The molecule has 20 heavy (non-hydrogen) atoms. The second kappa shape index (κ2) is 6.29. The summed E-state index contributed by atoms with van der Waals surface area (Å²) in [5.41, 5.74) is 0.600. The van der Waals surface area contributed by atoms with Gasteiger partial charge in [0.1, 0.15) is 9.88 Å². The summed E-state index contributed by atoms with van der Waals surface area (Å²) >= 11 is 1.24. The number of carbonyl (C=O) groups is 2. The minimum atomic E-state index is -1.06. The molecule has 1 saturated heterocycles. The van der Waals surface area contributed by atoms with Gasteiger partial charge >= 0.3 is 5.97 Å². The van der Waals surface area contributed by atoms with Gasteiger partial charge in [-0.3, -0.25) is 4.79 Å². The van der Waals surface area contributed by atoms with Gasteiger partial charge in [0.05, 0.1) is 25.5 Å². The Morgan fingerprint density at radius 1 is 1.60 bits per heavy atom. The molecule has 2 rings (SSSR count). The van der Waals surface area contributed by atoms with Crippen molar-refractivity contribution in [3.8, 4) is 0 Å². The molecule has 1 aromatic rings. The van der Waals surface area contributed by atoms with Gasteiger partial charge in [0.25, 0.3) is 5.91 Å². The highest BCUT2D eigenvalue weighted by molar-refractivity contribution is 7.13. The Bertz CT molecular complexity index is 516. The van der Waals surface area contributed by atoms with Crippen LogP contribution in [0.1, 0.15) is 20.4 Å². The van der Waals surface area contributed by atoms with Gasteiger partial charge in [-0.15, -0.1) is 11.3 Å². The van der Waals surface area contributed by atoms with Crippen molar-refractivity contribution in [3.05, 3.63) is 15.6 Å². The number of carboxylic acid groups (broad SMARTS) is 1. The molecule has 0 aliphatic carbocycles. The van der Waals surface area contributed by atoms with E-state index in [0.717, 1.165) is 0 Å². The molecule has 1 N–H and O–H groups in total. The lowest BCUT2D eigenvalue weighted by Crippen LogP contribution is -2.52. The minimum absolute atomic E-state index is 0.0177. The number of aromatic nitrogens is 1. The first-order chi connectivity index (χ1) is 9.54. The number of hydrogen-bond acceptors (Lipinski definition) is 6. The molecule has 0 saturated carbocycles. The summed E-state index contributed by atoms with van der Waals surface area (Å²) in [4.78, 5) is 29.7. The van der Waals surface area contributed by atoms with E-state index in [2.05, 4.69) is 4.98 Å². The summed E-state index contributed by atoms with van der Waals surface area (Å²) in [6, 6.07) is -0.941. The van der Waals surface area contributed by atoms with Crippen molar-refractivity contribution in [2.45, 2.75) is 19.6 Å². The number of carbonyl (C=O) groups excluding carboxylic acids is 1. The van der Waals surface area contributed by atoms with Crippen molar-refractivity contribution in [2.75, 3.05) is 26.9 Å². The molecule has 1 fully saturated rings. The molecule has 0 radical (unpaired) electrons. The number of morpholine rings is 1. The number of hydrogen-bond donors (Lipinski definition) is 1. The molecule has 1 unspecified atom stereocenters. The molecule has 0 spiro atoms. The van der Waals surface area contributed by atoms with Crippen molar-refractivity contribution >= 4 is 23.2 Å². The molecule has 1 amide bonds. The van der Waals surface area contributed by atoms with Crippen molar-refractivity contribution in [1.82, 2.24) is 9.88 Å². The zero-order valence-corrected chi connectivity index (χ0v) is 12.1. The lowest BCUT2D eigenvalue weighted by Gasteiger charge is -2.32. The first kappa shape index (κ1) is 14.9. The summed E-state index contributed by atoms with van der Waals surface area (Å²) in [6.45, 7) is 2.71. The number of amides is 1. The lowest BCUT2D eigenvalue weighted by molar-refractivity contribution is -0.147. The zero-order chi connectivity index (χ0) is 14.7. The van der Waals surface area contributed by atoms with E-state index in [-0.39, 0.29) is 19.1 Å². The standard InChI is InChI=1S/C12H16N2O5S/c1-7-10(20-9(13-7)6-18-2)11(15)14-3-4-19-5-8(14)12(16)17/h8H,3-6H2,1-2H3,(H,16,17). The van der Waals surface area contributed by atoms with E-state index in [0.29, 0.717) is 28.8 Å². The van der Waals surface area contributed by atoms with Gasteiger partial charge in [0, 0.05) is 13.7 Å². The van der Waals surface area contributed by atoms with E-state index in [1.165, 1.54) is 16.2 Å². The van der Waals surface area contributed by atoms with Gasteiger partial charge in [0.15, 0.2) is 6.04 Å². The van der Waals surface area contributed by atoms with Crippen molar-refractivity contribution in [1.29, 1.82) is 0 Å². The first-order valence-electron chi connectivity index (χ1n) is 6.11. The van der Waals surface area contributed by atoms with Gasteiger partial charge in [-0.2, -0.15) is 0 Å². The number of ether oxygens (including phenoxy) is 2. The van der Waals surface area contributed by atoms with E-state index in [4.69, 9.17) is 14.6 Å². The Balaban J connectivity index is 2.22. The maximum atomic E-state index is 12.5. The van der Waals surface area contributed by atoms with E-state index >= 15 is 0 Å². The maximum Gasteiger partial charge on any atom is 0.328 e. The van der Waals surface area contributed by atoms with Gasteiger partial charge in [0.2, 0.25) is 0 Å². The molecule has 0 aromatic carbocycles. The van der Waals surface area contributed by atoms with E-state index < -0.39 is 12.0 Å².